The molecule has 0 heterocycles. The van der Waals surface area contributed by atoms with Crippen LogP contribution in [0.2, 0.25) is 0 Å². The molecule has 1 fully saturated rings. The molecule has 1 aliphatic carbocycles. The fourth-order valence-corrected chi connectivity index (χ4v) is 2.55. The zero-order valence-electron chi connectivity index (χ0n) is 6.23. The number of rotatable bonds is 1. The molecule has 0 aromatic heterocycles. The zero-order chi connectivity index (χ0) is 7.61. The Kier molecular flexibility index (Phi) is 2.36. The van der Waals surface area contributed by atoms with E-state index in [1.807, 2.05) is 0 Å². The summed E-state index contributed by atoms with van der Waals surface area (Å²) in [5, 5.41) is 8.83. The van der Waals surface area contributed by atoms with E-state index in [0.29, 0.717) is 5.92 Å². The molecule has 2 atom stereocenters. The van der Waals surface area contributed by atoms with Crippen LogP contribution in [0.4, 0.5) is 0 Å². The van der Waals surface area contributed by atoms with Gasteiger partial charge in [0.05, 0.1) is 6.07 Å². The van der Waals surface area contributed by atoms with E-state index in [1.54, 1.807) is 0 Å². The summed E-state index contributed by atoms with van der Waals surface area (Å²) in [4.78, 5) is 0. The van der Waals surface area contributed by atoms with Crippen LogP contribution < -0.4 is 0 Å². The van der Waals surface area contributed by atoms with Crippen molar-refractivity contribution in [1.29, 1.82) is 5.26 Å². The first-order chi connectivity index (χ1) is 4.73. The maximum Gasteiger partial charge on any atom is 0.115 e. The molecular formula is C8H12BrN. The van der Waals surface area contributed by atoms with Gasteiger partial charge < -0.3 is 0 Å². The van der Waals surface area contributed by atoms with Gasteiger partial charge >= 0.3 is 0 Å². The van der Waals surface area contributed by atoms with Crippen molar-refractivity contribution in [3.05, 3.63) is 0 Å². The normalized spacial score (nSPS) is 39.5. The standard InChI is InChI=1S/C8H12BrN/c1-2-7-4-3-5-8(7,9)6-10/h7H,2-5H2,1H3. The fourth-order valence-electron chi connectivity index (χ4n) is 1.71. The van der Waals surface area contributed by atoms with Crippen LogP contribution in [0.3, 0.4) is 0 Å². The second-order valence-corrected chi connectivity index (χ2v) is 4.39. The van der Waals surface area contributed by atoms with Crippen LogP contribution in [-0.2, 0) is 0 Å². The lowest BCUT2D eigenvalue weighted by Crippen LogP contribution is -2.22. The third-order valence-electron chi connectivity index (χ3n) is 2.42. The van der Waals surface area contributed by atoms with Gasteiger partial charge in [-0.25, -0.2) is 0 Å². The average molecular weight is 202 g/mol. The minimum atomic E-state index is -0.179. The van der Waals surface area contributed by atoms with Crippen molar-refractivity contribution in [1.82, 2.24) is 0 Å². The summed E-state index contributed by atoms with van der Waals surface area (Å²) in [5.74, 6) is 0.581. The number of alkyl halides is 1. The summed E-state index contributed by atoms with van der Waals surface area (Å²) < 4.78 is -0.179. The van der Waals surface area contributed by atoms with E-state index >= 15 is 0 Å². The molecule has 2 unspecified atom stereocenters. The first kappa shape index (κ1) is 8.07. The topological polar surface area (TPSA) is 23.8 Å². The molecule has 1 saturated carbocycles. The number of hydrogen-bond donors (Lipinski definition) is 0. The third kappa shape index (κ3) is 1.20. The summed E-state index contributed by atoms with van der Waals surface area (Å²) in [6, 6.07) is 2.36. The van der Waals surface area contributed by atoms with Crippen LogP contribution in [0, 0.1) is 17.2 Å². The van der Waals surface area contributed by atoms with Crippen LogP contribution >= 0.6 is 15.9 Å². The largest absolute Gasteiger partial charge is 0.197 e. The Labute approximate surface area is 70.5 Å². The molecule has 1 nitrogen and oxygen atoms in total. The van der Waals surface area contributed by atoms with Gasteiger partial charge in [0.1, 0.15) is 4.32 Å². The molecule has 56 valence electrons. The van der Waals surface area contributed by atoms with E-state index in [0.717, 1.165) is 12.8 Å². The molecule has 0 bridgehead atoms. The SMILES string of the molecule is CCC1CCCC1(Br)C#N. The molecule has 0 N–H and O–H groups in total. The Morgan fingerprint density at radius 2 is 2.50 bits per heavy atom. The van der Waals surface area contributed by atoms with Gasteiger partial charge in [0.2, 0.25) is 0 Å². The third-order valence-corrected chi connectivity index (χ3v) is 3.64. The molecule has 1 aliphatic rings. The highest BCUT2D eigenvalue weighted by molar-refractivity contribution is 9.10. The van der Waals surface area contributed by atoms with Crippen molar-refractivity contribution in [3.8, 4) is 6.07 Å². The van der Waals surface area contributed by atoms with Gasteiger partial charge in [0.15, 0.2) is 0 Å². The molecule has 1 rings (SSSR count). The molecule has 0 radical (unpaired) electrons. The molecule has 2 heteroatoms. The van der Waals surface area contributed by atoms with Crippen molar-refractivity contribution in [2.24, 2.45) is 5.92 Å². The predicted octanol–water partition coefficient (Wildman–Crippen LogP) is 2.85. The minimum Gasteiger partial charge on any atom is -0.197 e. The number of nitriles is 1. The Balaban J connectivity index is 2.68. The Morgan fingerprint density at radius 1 is 1.80 bits per heavy atom. The highest BCUT2D eigenvalue weighted by Gasteiger charge is 2.39. The van der Waals surface area contributed by atoms with E-state index in [-0.39, 0.29) is 4.32 Å². The molecule has 0 aromatic carbocycles. The van der Waals surface area contributed by atoms with E-state index in [1.165, 1.54) is 12.8 Å². The highest BCUT2D eigenvalue weighted by atomic mass is 79.9. The molecular weight excluding hydrogens is 190 g/mol. The maximum absolute atomic E-state index is 8.83. The van der Waals surface area contributed by atoms with Gasteiger partial charge in [-0.1, -0.05) is 35.7 Å². The summed E-state index contributed by atoms with van der Waals surface area (Å²) in [7, 11) is 0. The van der Waals surface area contributed by atoms with Crippen molar-refractivity contribution in [2.45, 2.75) is 36.9 Å². The Morgan fingerprint density at radius 3 is 2.90 bits per heavy atom. The molecule has 0 aliphatic heterocycles. The first-order valence-corrected chi connectivity index (χ1v) is 4.62. The second kappa shape index (κ2) is 2.92. The summed E-state index contributed by atoms with van der Waals surface area (Å²) in [6.45, 7) is 2.16. The van der Waals surface area contributed by atoms with Crippen molar-refractivity contribution >= 4 is 15.9 Å². The minimum absolute atomic E-state index is 0.179. The van der Waals surface area contributed by atoms with E-state index < -0.39 is 0 Å². The van der Waals surface area contributed by atoms with Crippen molar-refractivity contribution in [3.63, 3.8) is 0 Å². The second-order valence-electron chi connectivity index (χ2n) is 2.97. The maximum atomic E-state index is 8.83. The van der Waals surface area contributed by atoms with Gasteiger partial charge in [-0.3, -0.25) is 0 Å². The van der Waals surface area contributed by atoms with Gasteiger partial charge in [0.25, 0.3) is 0 Å². The van der Waals surface area contributed by atoms with Gasteiger partial charge in [-0.2, -0.15) is 5.26 Å². The Bertz CT molecular complexity index is 161. The van der Waals surface area contributed by atoms with E-state index in [2.05, 4.69) is 28.9 Å². The van der Waals surface area contributed by atoms with Crippen LogP contribution in [-0.4, -0.2) is 4.32 Å². The lowest BCUT2D eigenvalue weighted by atomic mass is 9.95. The van der Waals surface area contributed by atoms with Crippen LogP contribution in [0.25, 0.3) is 0 Å². The van der Waals surface area contributed by atoms with Gasteiger partial charge in [-0.15, -0.1) is 0 Å². The summed E-state index contributed by atoms with van der Waals surface area (Å²) in [6.07, 6.45) is 4.58. The fraction of sp³-hybridized carbons (Fsp3) is 0.875. The Hall–Kier alpha value is -0.0300. The predicted molar refractivity (Wildman–Crippen MR) is 44.9 cm³/mol. The molecule has 0 saturated heterocycles. The molecule has 10 heavy (non-hydrogen) atoms. The smallest absolute Gasteiger partial charge is 0.115 e. The quantitative estimate of drug-likeness (QED) is 0.599. The van der Waals surface area contributed by atoms with Crippen molar-refractivity contribution in [2.75, 3.05) is 0 Å². The van der Waals surface area contributed by atoms with Crippen molar-refractivity contribution < 1.29 is 0 Å². The van der Waals surface area contributed by atoms with Crippen LogP contribution in [0.5, 0.6) is 0 Å². The van der Waals surface area contributed by atoms with E-state index in [4.69, 9.17) is 5.26 Å². The zero-order valence-corrected chi connectivity index (χ0v) is 7.82. The van der Waals surface area contributed by atoms with Crippen LogP contribution in [0.1, 0.15) is 32.6 Å². The average Bonchev–Trinajstić information content (AvgIpc) is 2.32. The van der Waals surface area contributed by atoms with Crippen LogP contribution in [0.15, 0.2) is 0 Å². The van der Waals surface area contributed by atoms with Gasteiger partial charge in [0, 0.05) is 0 Å². The lowest BCUT2D eigenvalue weighted by molar-refractivity contribution is 0.493. The number of hydrogen-bond acceptors (Lipinski definition) is 1. The molecule has 0 aromatic rings. The number of halogens is 1. The monoisotopic (exact) mass is 201 g/mol. The first-order valence-electron chi connectivity index (χ1n) is 3.83. The summed E-state index contributed by atoms with van der Waals surface area (Å²) >= 11 is 3.51. The molecule has 0 amide bonds. The summed E-state index contributed by atoms with van der Waals surface area (Å²) in [5.41, 5.74) is 0. The lowest BCUT2D eigenvalue weighted by Gasteiger charge is -2.19. The van der Waals surface area contributed by atoms with Gasteiger partial charge in [-0.05, 0) is 18.8 Å². The van der Waals surface area contributed by atoms with E-state index in [9.17, 15) is 0 Å². The molecule has 0 spiro atoms. The number of nitrogens with zero attached hydrogens (tertiary/aromatic N) is 1. The highest BCUT2D eigenvalue weighted by Crippen LogP contribution is 2.43.